The number of hydrogen-bond donors (Lipinski definition) is 0. The predicted octanol–water partition coefficient (Wildman–Crippen LogP) is 11.8. The smallest absolute Gasteiger partial charge is 0.0800 e. The van der Waals surface area contributed by atoms with Crippen molar-refractivity contribution in [1.82, 2.24) is 9.97 Å². The number of hydrogen-bond acceptors (Lipinski definition) is 2. The number of nitrogens with zero attached hydrogens (tertiary/aromatic N) is 2. The maximum absolute atomic E-state index is 5.45. The minimum atomic E-state index is 0.960. The molecule has 0 fully saturated rings. The first-order valence-corrected chi connectivity index (χ1v) is 15.7. The van der Waals surface area contributed by atoms with E-state index in [0.29, 0.717) is 0 Å². The Labute approximate surface area is 267 Å². The summed E-state index contributed by atoms with van der Waals surface area (Å²) in [5.41, 5.74) is 9.54. The summed E-state index contributed by atoms with van der Waals surface area (Å²) in [5, 5.41) is 8.51. The van der Waals surface area contributed by atoms with Gasteiger partial charge in [0.05, 0.1) is 22.6 Å². The van der Waals surface area contributed by atoms with Gasteiger partial charge in [0.25, 0.3) is 0 Å². The molecule has 2 heterocycles. The lowest BCUT2D eigenvalue weighted by molar-refractivity contribution is 1.32. The fourth-order valence-electron chi connectivity index (χ4n) is 6.84. The quantitative estimate of drug-likeness (QED) is 0.192. The zero-order valence-electron chi connectivity index (χ0n) is 25.1. The molecule has 0 atom stereocenters. The Morgan fingerprint density at radius 3 is 1.30 bits per heavy atom. The second-order valence-electron chi connectivity index (χ2n) is 11.8. The average molecular weight is 585 g/mol. The van der Waals surface area contributed by atoms with Crippen molar-refractivity contribution in [3.63, 3.8) is 0 Å². The molecule has 0 aliphatic carbocycles. The molecule has 0 aliphatic rings. The third-order valence-electron chi connectivity index (χ3n) is 9.04. The lowest BCUT2D eigenvalue weighted by atomic mass is 9.92. The highest BCUT2D eigenvalue weighted by Gasteiger charge is 2.16. The molecule has 0 radical (unpaired) electrons. The van der Waals surface area contributed by atoms with E-state index in [9.17, 15) is 0 Å². The fraction of sp³-hybridized carbons (Fsp3) is 0. The van der Waals surface area contributed by atoms with E-state index >= 15 is 0 Å². The van der Waals surface area contributed by atoms with Crippen molar-refractivity contribution in [2.75, 3.05) is 0 Å². The van der Waals surface area contributed by atoms with Crippen LogP contribution in [-0.4, -0.2) is 9.97 Å². The maximum atomic E-state index is 5.45. The first-order chi connectivity index (χ1) is 22.8. The van der Waals surface area contributed by atoms with Gasteiger partial charge in [-0.05, 0) is 44.8 Å². The van der Waals surface area contributed by atoms with Crippen LogP contribution in [0.3, 0.4) is 0 Å². The van der Waals surface area contributed by atoms with E-state index in [0.717, 1.165) is 55.8 Å². The Hall–Kier alpha value is -6.12. The van der Waals surface area contributed by atoms with Gasteiger partial charge in [0.15, 0.2) is 0 Å². The summed E-state index contributed by atoms with van der Waals surface area (Å²) >= 11 is 0. The normalized spacial score (nSPS) is 11.5. The molecule has 7 aromatic carbocycles. The van der Waals surface area contributed by atoms with Gasteiger partial charge < -0.3 is 0 Å². The summed E-state index contributed by atoms with van der Waals surface area (Å²) in [7, 11) is 0. The van der Waals surface area contributed by atoms with E-state index in [-0.39, 0.29) is 0 Å². The molecule has 9 aromatic rings. The highest BCUT2D eigenvalue weighted by atomic mass is 14.7. The molecule has 46 heavy (non-hydrogen) atoms. The van der Waals surface area contributed by atoms with Crippen LogP contribution < -0.4 is 0 Å². The summed E-state index contributed by atoms with van der Waals surface area (Å²) in [5.74, 6) is 0. The van der Waals surface area contributed by atoms with Crippen molar-refractivity contribution >= 4 is 43.2 Å². The van der Waals surface area contributed by atoms with E-state index in [4.69, 9.17) is 9.97 Å². The summed E-state index contributed by atoms with van der Waals surface area (Å²) < 4.78 is 0. The lowest BCUT2D eigenvalue weighted by Crippen LogP contribution is -1.93. The summed E-state index contributed by atoms with van der Waals surface area (Å²) in [6, 6.07) is 60.1. The number of benzene rings is 7. The highest BCUT2D eigenvalue weighted by molar-refractivity contribution is 6.31. The van der Waals surface area contributed by atoms with Crippen molar-refractivity contribution in [1.29, 1.82) is 0 Å². The largest absolute Gasteiger partial charge is 0.248 e. The van der Waals surface area contributed by atoms with Crippen LogP contribution in [0.15, 0.2) is 170 Å². The van der Waals surface area contributed by atoms with Gasteiger partial charge >= 0.3 is 0 Å². The Morgan fingerprint density at radius 1 is 0.283 bits per heavy atom. The van der Waals surface area contributed by atoms with Crippen LogP contribution in [0, 0.1) is 0 Å². The molecule has 0 aliphatic heterocycles. The van der Waals surface area contributed by atoms with Crippen LogP contribution in [0.5, 0.6) is 0 Å². The van der Waals surface area contributed by atoms with Crippen molar-refractivity contribution in [2.24, 2.45) is 0 Å². The monoisotopic (exact) mass is 584 g/mol. The molecule has 2 aromatic heterocycles. The van der Waals surface area contributed by atoms with Crippen LogP contribution in [0.2, 0.25) is 0 Å². The van der Waals surface area contributed by atoms with Crippen LogP contribution in [0.25, 0.3) is 88.1 Å². The van der Waals surface area contributed by atoms with Crippen LogP contribution in [-0.2, 0) is 0 Å². The Kier molecular flexibility index (Phi) is 6.17. The summed E-state index contributed by atoms with van der Waals surface area (Å²) in [6.07, 6.45) is 0. The Bertz CT molecular complexity index is 2490. The minimum absolute atomic E-state index is 0.960. The molecule has 0 amide bonds. The molecule has 2 nitrogen and oxygen atoms in total. The molecule has 214 valence electrons. The van der Waals surface area contributed by atoms with Crippen molar-refractivity contribution in [2.45, 2.75) is 0 Å². The first kappa shape index (κ1) is 26.3. The van der Waals surface area contributed by atoms with E-state index < -0.39 is 0 Å². The minimum Gasteiger partial charge on any atom is -0.248 e. The molecule has 9 rings (SSSR count). The van der Waals surface area contributed by atoms with Gasteiger partial charge in [-0.25, -0.2) is 9.97 Å². The number of pyridine rings is 2. The number of rotatable bonds is 4. The van der Waals surface area contributed by atoms with Crippen LogP contribution in [0.1, 0.15) is 0 Å². The Balaban J connectivity index is 1.23. The van der Waals surface area contributed by atoms with Crippen molar-refractivity contribution < 1.29 is 0 Å². The maximum Gasteiger partial charge on any atom is 0.0800 e. The molecule has 0 bridgehead atoms. The molecule has 0 N–H and O–H groups in total. The molecular weight excluding hydrogens is 556 g/mol. The topological polar surface area (TPSA) is 25.8 Å². The van der Waals surface area contributed by atoms with E-state index in [2.05, 4.69) is 158 Å². The van der Waals surface area contributed by atoms with E-state index in [1.807, 2.05) is 12.1 Å². The predicted molar refractivity (Wildman–Crippen MR) is 194 cm³/mol. The zero-order chi connectivity index (χ0) is 30.5. The zero-order valence-corrected chi connectivity index (χ0v) is 25.1. The number of aromatic nitrogens is 2. The lowest BCUT2D eigenvalue weighted by Gasteiger charge is -2.15. The average Bonchev–Trinajstić information content (AvgIpc) is 3.15. The van der Waals surface area contributed by atoms with E-state index in [1.165, 1.54) is 32.3 Å². The van der Waals surface area contributed by atoms with Gasteiger partial charge in [0.2, 0.25) is 0 Å². The molecule has 0 saturated carbocycles. The van der Waals surface area contributed by atoms with Gasteiger partial charge in [0.1, 0.15) is 0 Å². The second-order valence-corrected chi connectivity index (χ2v) is 11.8. The van der Waals surface area contributed by atoms with Crippen molar-refractivity contribution in [3.05, 3.63) is 170 Å². The van der Waals surface area contributed by atoms with Crippen LogP contribution in [0.4, 0.5) is 0 Å². The van der Waals surface area contributed by atoms with E-state index in [1.54, 1.807) is 0 Å². The first-order valence-electron chi connectivity index (χ1n) is 15.7. The van der Waals surface area contributed by atoms with Gasteiger partial charge in [-0.2, -0.15) is 0 Å². The van der Waals surface area contributed by atoms with Crippen LogP contribution >= 0.6 is 0 Å². The van der Waals surface area contributed by atoms with Gasteiger partial charge in [-0.1, -0.05) is 158 Å². The summed E-state index contributed by atoms with van der Waals surface area (Å²) in [6.45, 7) is 0. The fourth-order valence-corrected chi connectivity index (χ4v) is 6.84. The third-order valence-corrected chi connectivity index (χ3v) is 9.04. The van der Waals surface area contributed by atoms with Gasteiger partial charge in [-0.3, -0.25) is 0 Å². The number of fused-ring (bicyclic) bond motifs is 8. The SMILES string of the molecule is c1ccc(-c2cc(-c3ccc(-c4nc5c6ccccc6c6ccccc6c5c5ccccc45)cc3)cc(-c3ccccc3)n2)cc1. The van der Waals surface area contributed by atoms with Gasteiger partial charge in [-0.15, -0.1) is 0 Å². The standard InChI is InChI=1S/C44H28N2/c1-3-13-30(14-4-1)40-27-33(28-41(45-40)31-15-5-2-6-16-31)29-23-25-32(26-24-29)43-39-22-12-10-20-37(39)42-36-19-9-7-17-34(36)35-18-8-11-21-38(35)44(42)46-43/h1-28H. The molecule has 2 heteroatoms. The van der Waals surface area contributed by atoms with Crippen molar-refractivity contribution in [3.8, 4) is 44.9 Å². The molecule has 0 spiro atoms. The Morgan fingerprint density at radius 2 is 0.717 bits per heavy atom. The third kappa shape index (κ3) is 4.35. The molecule has 0 unspecified atom stereocenters. The van der Waals surface area contributed by atoms with Gasteiger partial charge in [0, 0.05) is 32.8 Å². The second kappa shape index (κ2) is 10.8. The molecular formula is C44H28N2. The summed E-state index contributed by atoms with van der Waals surface area (Å²) in [4.78, 5) is 10.5. The highest BCUT2D eigenvalue weighted by Crippen LogP contribution is 2.41. The molecule has 0 saturated heterocycles.